The SMILES string of the molecule is C[C@H](NC(=O)OCC1c2ccccc2-c2ccccc21)C(C(N)=O)N1CCC[C@H]1C(=O)OCc1ccccc1. The van der Waals surface area contributed by atoms with E-state index in [-0.39, 0.29) is 19.1 Å². The molecule has 3 aromatic rings. The number of benzene rings is 3. The molecule has 1 unspecified atom stereocenters. The van der Waals surface area contributed by atoms with E-state index >= 15 is 0 Å². The predicted octanol–water partition coefficient (Wildman–Crippen LogP) is 3.98. The maximum atomic E-state index is 12.9. The summed E-state index contributed by atoms with van der Waals surface area (Å²) in [7, 11) is 0. The molecule has 5 rings (SSSR count). The topological polar surface area (TPSA) is 111 Å². The molecule has 3 atom stereocenters. The van der Waals surface area contributed by atoms with Gasteiger partial charge in [0.05, 0.1) is 6.04 Å². The van der Waals surface area contributed by atoms with Crippen molar-refractivity contribution in [1.29, 1.82) is 0 Å². The Morgan fingerprint density at radius 2 is 1.54 bits per heavy atom. The Hall–Kier alpha value is -4.17. The first-order chi connectivity index (χ1) is 18.9. The van der Waals surface area contributed by atoms with Gasteiger partial charge in [-0.25, -0.2) is 4.79 Å². The van der Waals surface area contributed by atoms with Crippen LogP contribution in [0.25, 0.3) is 11.1 Å². The van der Waals surface area contributed by atoms with Crippen LogP contribution in [-0.2, 0) is 25.7 Å². The molecule has 2 amide bonds. The van der Waals surface area contributed by atoms with Gasteiger partial charge >= 0.3 is 12.1 Å². The molecule has 8 nitrogen and oxygen atoms in total. The van der Waals surface area contributed by atoms with Crippen molar-refractivity contribution in [2.24, 2.45) is 5.73 Å². The first-order valence-electron chi connectivity index (χ1n) is 13.3. The number of hydrogen-bond donors (Lipinski definition) is 2. The van der Waals surface area contributed by atoms with Gasteiger partial charge in [0.15, 0.2) is 0 Å². The number of carbonyl (C=O) groups excluding carboxylic acids is 3. The van der Waals surface area contributed by atoms with Gasteiger partial charge < -0.3 is 20.5 Å². The quantitative estimate of drug-likeness (QED) is 0.408. The van der Waals surface area contributed by atoms with Crippen LogP contribution in [0, 0.1) is 0 Å². The lowest BCUT2D eigenvalue weighted by Gasteiger charge is -2.33. The first-order valence-corrected chi connectivity index (χ1v) is 13.3. The van der Waals surface area contributed by atoms with Gasteiger partial charge in [-0.2, -0.15) is 0 Å². The fraction of sp³-hybridized carbons (Fsp3) is 0.323. The number of nitrogens with two attached hydrogens (primary N) is 1. The molecule has 3 aromatic carbocycles. The lowest BCUT2D eigenvalue weighted by molar-refractivity contribution is -0.151. The Morgan fingerprint density at radius 1 is 0.923 bits per heavy atom. The molecule has 0 aromatic heterocycles. The summed E-state index contributed by atoms with van der Waals surface area (Å²) in [4.78, 5) is 40.1. The second kappa shape index (κ2) is 11.7. The summed E-state index contributed by atoms with van der Waals surface area (Å²) in [6.07, 6.45) is 0.625. The van der Waals surface area contributed by atoms with Gasteiger partial charge in [0.1, 0.15) is 25.3 Å². The summed E-state index contributed by atoms with van der Waals surface area (Å²) in [6, 6.07) is 23.5. The van der Waals surface area contributed by atoms with Gasteiger partial charge in [-0.05, 0) is 54.1 Å². The van der Waals surface area contributed by atoms with Crippen LogP contribution >= 0.6 is 0 Å². The number of amides is 2. The summed E-state index contributed by atoms with van der Waals surface area (Å²) in [5.74, 6) is -1.10. The number of alkyl carbamates (subject to hydrolysis) is 1. The maximum absolute atomic E-state index is 12.9. The van der Waals surface area contributed by atoms with Crippen molar-refractivity contribution in [2.45, 2.75) is 50.4 Å². The highest BCUT2D eigenvalue weighted by atomic mass is 16.5. The van der Waals surface area contributed by atoms with Crippen molar-refractivity contribution < 1.29 is 23.9 Å². The maximum Gasteiger partial charge on any atom is 0.407 e. The standard InChI is InChI=1S/C31H33N3O5/c1-20(28(29(32)35)34-17-9-16-27(34)30(36)38-18-21-10-3-2-4-11-21)33-31(37)39-19-26-24-14-7-5-12-22(24)23-13-6-8-15-25(23)26/h2-8,10-15,20,26-28H,9,16-19H2,1H3,(H2,32,35)(H,33,37)/t20-,27-,28?/m0/s1. The van der Waals surface area contributed by atoms with Gasteiger partial charge in [0, 0.05) is 5.92 Å². The normalized spacial score (nSPS) is 18.0. The minimum atomic E-state index is -0.887. The van der Waals surface area contributed by atoms with E-state index in [0.717, 1.165) is 27.8 Å². The van der Waals surface area contributed by atoms with Gasteiger partial charge in [-0.1, -0.05) is 78.9 Å². The van der Waals surface area contributed by atoms with E-state index in [4.69, 9.17) is 15.2 Å². The molecule has 0 bridgehead atoms. The van der Waals surface area contributed by atoms with Crippen LogP contribution in [0.2, 0.25) is 0 Å². The number of carbonyl (C=O) groups is 3. The molecule has 0 spiro atoms. The van der Waals surface area contributed by atoms with E-state index in [2.05, 4.69) is 29.6 Å². The number of fused-ring (bicyclic) bond motifs is 3. The Morgan fingerprint density at radius 3 is 2.18 bits per heavy atom. The Kier molecular flexibility index (Phi) is 7.93. The third kappa shape index (κ3) is 5.66. The van der Waals surface area contributed by atoms with Gasteiger partial charge in [-0.15, -0.1) is 0 Å². The third-order valence-corrected chi connectivity index (χ3v) is 7.60. The molecule has 8 heteroatoms. The minimum Gasteiger partial charge on any atom is -0.460 e. The Labute approximate surface area is 228 Å². The number of nitrogens with one attached hydrogen (secondary N) is 1. The van der Waals surface area contributed by atoms with Crippen LogP contribution in [0.3, 0.4) is 0 Å². The van der Waals surface area contributed by atoms with Crippen LogP contribution in [-0.4, -0.2) is 54.1 Å². The molecule has 202 valence electrons. The number of likely N-dealkylation sites (tertiary alicyclic amines) is 1. The first kappa shape index (κ1) is 26.4. The van der Waals surface area contributed by atoms with Crippen molar-refractivity contribution in [2.75, 3.05) is 13.2 Å². The van der Waals surface area contributed by atoms with Crippen LogP contribution in [0.5, 0.6) is 0 Å². The monoisotopic (exact) mass is 527 g/mol. The van der Waals surface area contributed by atoms with Gasteiger partial charge in [0.2, 0.25) is 5.91 Å². The van der Waals surface area contributed by atoms with Crippen molar-refractivity contribution >= 4 is 18.0 Å². The van der Waals surface area contributed by atoms with Crippen LogP contribution in [0.1, 0.15) is 42.4 Å². The zero-order valence-corrected chi connectivity index (χ0v) is 21.9. The second-order valence-electron chi connectivity index (χ2n) is 10.1. The number of ether oxygens (including phenoxy) is 2. The summed E-state index contributed by atoms with van der Waals surface area (Å²) >= 11 is 0. The minimum absolute atomic E-state index is 0.0762. The average molecular weight is 528 g/mol. The molecule has 1 fully saturated rings. The number of rotatable bonds is 9. The molecule has 0 saturated carbocycles. The van der Waals surface area contributed by atoms with Crippen molar-refractivity contribution in [3.8, 4) is 11.1 Å². The molecule has 1 aliphatic heterocycles. The summed E-state index contributed by atoms with van der Waals surface area (Å²) in [6.45, 7) is 2.50. The lowest BCUT2D eigenvalue weighted by atomic mass is 9.98. The molecular formula is C31H33N3O5. The second-order valence-corrected chi connectivity index (χ2v) is 10.1. The highest BCUT2D eigenvalue weighted by Crippen LogP contribution is 2.44. The van der Waals surface area contributed by atoms with Crippen LogP contribution < -0.4 is 11.1 Å². The van der Waals surface area contributed by atoms with E-state index in [1.54, 1.807) is 11.8 Å². The molecule has 1 aliphatic carbocycles. The molecule has 2 aliphatic rings. The predicted molar refractivity (Wildman–Crippen MR) is 147 cm³/mol. The molecule has 39 heavy (non-hydrogen) atoms. The highest BCUT2D eigenvalue weighted by Gasteiger charge is 2.42. The van der Waals surface area contributed by atoms with E-state index in [9.17, 15) is 14.4 Å². The van der Waals surface area contributed by atoms with E-state index < -0.39 is 36.1 Å². The fourth-order valence-corrected chi connectivity index (χ4v) is 5.80. The Balaban J connectivity index is 1.21. The lowest BCUT2D eigenvalue weighted by Crippen LogP contribution is -2.59. The molecule has 1 saturated heterocycles. The zero-order chi connectivity index (χ0) is 27.4. The summed E-state index contributed by atoms with van der Waals surface area (Å²) in [5.41, 5.74) is 11.2. The number of esters is 1. The summed E-state index contributed by atoms with van der Waals surface area (Å²) < 4.78 is 11.2. The number of nitrogens with zero attached hydrogens (tertiary/aromatic N) is 1. The highest BCUT2D eigenvalue weighted by molar-refractivity contribution is 5.84. The van der Waals surface area contributed by atoms with Crippen molar-refractivity contribution in [3.05, 3.63) is 95.6 Å². The van der Waals surface area contributed by atoms with E-state index in [1.807, 2.05) is 54.6 Å². The molecule has 3 N–H and O–H groups in total. The molecular weight excluding hydrogens is 494 g/mol. The number of hydrogen-bond acceptors (Lipinski definition) is 6. The Bertz CT molecular complexity index is 1300. The largest absolute Gasteiger partial charge is 0.460 e. The smallest absolute Gasteiger partial charge is 0.407 e. The van der Waals surface area contributed by atoms with Crippen molar-refractivity contribution in [3.63, 3.8) is 0 Å². The van der Waals surface area contributed by atoms with Gasteiger partial charge in [-0.3, -0.25) is 14.5 Å². The zero-order valence-electron chi connectivity index (χ0n) is 21.9. The van der Waals surface area contributed by atoms with E-state index in [0.29, 0.717) is 19.4 Å². The molecule has 1 heterocycles. The average Bonchev–Trinajstić information content (AvgIpc) is 3.54. The molecule has 0 radical (unpaired) electrons. The van der Waals surface area contributed by atoms with Gasteiger partial charge in [0.25, 0.3) is 0 Å². The third-order valence-electron chi connectivity index (χ3n) is 7.60. The number of primary amides is 1. The van der Waals surface area contributed by atoms with Crippen LogP contribution in [0.4, 0.5) is 4.79 Å². The van der Waals surface area contributed by atoms with E-state index in [1.165, 1.54) is 0 Å². The summed E-state index contributed by atoms with van der Waals surface area (Å²) in [5, 5.41) is 2.77. The van der Waals surface area contributed by atoms with Crippen LogP contribution in [0.15, 0.2) is 78.9 Å². The van der Waals surface area contributed by atoms with Crippen molar-refractivity contribution in [1.82, 2.24) is 10.2 Å². The fourth-order valence-electron chi connectivity index (χ4n) is 5.80.